The fraction of sp³-hybridized carbons (Fsp3) is 0.455. The molecule has 0 unspecified atom stereocenters. The predicted octanol–water partition coefficient (Wildman–Crippen LogP) is 4.71. The number of anilines is 1. The summed E-state index contributed by atoms with van der Waals surface area (Å²) in [6, 6.07) is 9.01. The van der Waals surface area contributed by atoms with Crippen molar-refractivity contribution in [1.82, 2.24) is 4.57 Å². The van der Waals surface area contributed by atoms with Gasteiger partial charge in [0.15, 0.2) is 6.61 Å². The summed E-state index contributed by atoms with van der Waals surface area (Å²) in [4.78, 5) is 24.2. The standard InChI is InChI=1S/C22H30N2O3S/c1-15(2)10-11-24-16(3)12-20(17(24)4)21(25)13-27-19-8-6-18(7-9-19)23-22(26)14-28-5/h6-9,12,15H,10-11,13-14H2,1-5H3,(H,23,26). The maximum absolute atomic E-state index is 12.6. The first-order valence-electron chi connectivity index (χ1n) is 9.53. The van der Waals surface area contributed by atoms with E-state index < -0.39 is 0 Å². The third-order valence-corrected chi connectivity index (χ3v) is 5.14. The lowest BCUT2D eigenvalue weighted by Gasteiger charge is -2.11. The van der Waals surface area contributed by atoms with Crippen LogP contribution in [0.4, 0.5) is 5.69 Å². The minimum atomic E-state index is -0.0378. The number of nitrogens with zero attached hydrogens (tertiary/aromatic N) is 1. The van der Waals surface area contributed by atoms with Gasteiger partial charge in [0.1, 0.15) is 5.75 Å². The van der Waals surface area contributed by atoms with Gasteiger partial charge in [-0.05, 0) is 62.8 Å². The second kappa shape index (κ2) is 10.4. The molecule has 0 aliphatic rings. The van der Waals surface area contributed by atoms with Crippen LogP contribution in [0.2, 0.25) is 0 Å². The molecule has 1 amide bonds. The highest BCUT2D eigenvalue weighted by Gasteiger charge is 2.16. The van der Waals surface area contributed by atoms with E-state index in [1.54, 1.807) is 24.3 Å². The third kappa shape index (κ3) is 6.16. The molecule has 1 aromatic carbocycles. The second-order valence-corrected chi connectivity index (χ2v) is 8.20. The van der Waals surface area contributed by atoms with Crippen LogP contribution in [0.1, 0.15) is 42.0 Å². The summed E-state index contributed by atoms with van der Waals surface area (Å²) >= 11 is 1.47. The lowest BCUT2D eigenvalue weighted by Crippen LogP contribution is -2.14. The van der Waals surface area contributed by atoms with Crippen molar-refractivity contribution in [1.29, 1.82) is 0 Å². The van der Waals surface area contributed by atoms with Crippen LogP contribution in [0.5, 0.6) is 5.75 Å². The van der Waals surface area contributed by atoms with Crippen molar-refractivity contribution in [2.75, 3.05) is 23.9 Å². The number of nitrogens with one attached hydrogen (secondary N) is 1. The van der Waals surface area contributed by atoms with E-state index in [1.807, 2.05) is 26.2 Å². The molecular formula is C22H30N2O3S. The lowest BCUT2D eigenvalue weighted by molar-refractivity contribution is -0.113. The van der Waals surface area contributed by atoms with Crippen molar-refractivity contribution in [3.05, 3.63) is 47.3 Å². The summed E-state index contributed by atoms with van der Waals surface area (Å²) in [5.41, 5.74) is 3.54. The van der Waals surface area contributed by atoms with Gasteiger partial charge in [0.2, 0.25) is 11.7 Å². The number of thioether (sulfide) groups is 1. The van der Waals surface area contributed by atoms with Gasteiger partial charge in [0.25, 0.3) is 0 Å². The molecule has 0 radical (unpaired) electrons. The van der Waals surface area contributed by atoms with Crippen molar-refractivity contribution in [3.63, 3.8) is 0 Å². The number of hydrogen-bond donors (Lipinski definition) is 1. The minimum Gasteiger partial charge on any atom is -0.485 e. The molecule has 152 valence electrons. The number of carbonyl (C=O) groups excluding carboxylic acids is 2. The normalized spacial score (nSPS) is 10.9. The summed E-state index contributed by atoms with van der Waals surface area (Å²) in [5.74, 6) is 1.58. The van der Waals surface area contributed by atoms with E-state index in [2.05, 4.69) is 23.7 Å². The summed E-state index contributed by atoms with van der Waals surface area (Å²) in [6.45, 7) is 9.35. The quantitative estimate of drug-likeness (QED) is 0.585. The number of hydrogen-bond acceptors (Lipinski definition) is 4. The number of aryl methyl sites for hydroxylation is 1. The molecule has 1 N–H and O–H groups in total. The van der Waals surface area contributed by atoms with Crippen molar-refractivity contribution in [3.8, 4) is 5.75 Å². The van der Waals surface area contributed by atoms with Crippen LogP contribution in [0.3, 0.4) is 0 Å². The highest BCUT2D eigenvalue weighted by atomic mass is 32.2. The molecule has 0 aliphatic heterocycles. The first-order valence-corrected chi connectivity index (χ1v) is 10.9. The zero-order valence-electron chi connectivity index (χ0n) is 17.4. The topological polar surface area (TPSA) is 60.3 Å². The minimum absolute atomic E-state index is 0.00729. The van der Waals surface area contributed by atoms with E-state index in [-0.39, 0.29) is 18.3 Å². The van der Waals surface area contributed by atoms with E-state index in [0.717, 1.165) is 29.9 Å². The fourth-order valence-electron chi connectivity index (χ4n) is 3.00. The Kier molecular flexibility index (Phi) is 8.18. The number of rotatable bonds is 10. The molecule has 6 heteroatoms. The molecule has 1 heterocycles. The van der Waals surface area contributed by atoms with E-state index in [0.29, 0.717) is 23.1 Å². The van der Waals surface area contributed by atoms with E-state index in [1.165, 1.54) is 11.8 Å². The van der Waals surface area contributed by atoms with E-state index >= 15 is 0 Å². The van der Waals surface area contributed by atoms with Crippen molar-refractivity contribution in [2.45, 2.75) is 40.7 Å². The maximum Gasteiger partial charge on any atom is 0.234 e. The summed E-state index contributed by atoms with van der Waals surface area (Å²) in [6.07, 6.45) is 2.97. The Bertz CT molecular complexity index is 810. The van der Waals surface area contributed by atoms with Gasteiger partial charge in [-0.15, -0.1) is 0 Å². The number of carbonyl (C=O) groups is 2. The molecule has 28 heavy (non-hydrogen) atoms. The van der Waals surface area contributed by atoms with Gasteiger partial charge < -0.3 is 14.6 Å². The van der Waals surface area contributed by atoms with Crippen molar-refractivity contribution >= 4 is 29.1 Å². The maximum atomic E-state index is 12.6. The average molecular weight is 403 g/mol. The molecule has 0 saturated heterocycles. The van der Waals surface area contributed by atoms with Crippen LogP contribution in [0.25, 0.3) is 0 Å². The Morgan fingerprint density at radius 1 is 1.18 bits per heavy atom. The number of aromatic nitrogens is 1. The number of amides is 1. The van der Waals surface area contributed by atoms with Crippen LogP contribution in [-0.2, 0) is 11.3 Å². The van der Waals surface area contributed by atoms with E-state index in [9.17, 15) is 9.59 Å². The first-order chi connectivity index (χ1) is 13.3. The first kappa shape index (κ1) is 22.1. The second-order valence-electron chi connectivity index (χ2n) is 7.34. The highest BCUT2D eigenvalue weighted by Crippen LogP contribution is 2.20. The summed E-state index contributed by atoms with van der Waals surface area (Å²) in [7, 11) is 0. The fourth-order valence-corrected chi connectivity index (χ4v) is 3.34. The molecule has 0 saturated carbocycles. The zero-order valence-corrected chi connectivity index (χ0v) is 18.2. The molecule has 0 fully saturated rings. The van der Waals surface area contributed by atoms with Gasteiger partial charge >= 0.3 is 0 Å². The highest BCUT2D eigenvalue weighted by molar-refractivity contribution is 7.99. The summed E-state index contributed by atoms with van der Waals surface area (Å²) in [5, 5.41) is 2.81. The Labute approximate surface area is 171 Å². The molecule has 0 spiro atoms. The van der Waals surface area contributed by atoms with Gasteiger partial charge in [0.05, 0.1) is 5.75 Å². The van der Waals surface area contributed by atoms with E-state index in [4.69, 9.17) is 4.74 Å². The molecule has 0 atom stereocenters. The Balaban J connectivity index is 1.95. The largest absolute Gasteiger partial charge is 0.485 e. The van der Waals surface area contributed by atoms with Gasteiger partial charge in [-0.2, -0.15) is 11.8 Å². The molecular weight excluding hydrogens is 372 g/mol. The van der Waals surface area contributed by atoms with Gasteiger partial charge in [-0.3, -0.25) is 9.59 Å². The monoisotopic (exact) mass is 402 g/mol. The lowest BCUT2D eigenvalue weighted by atomic mass is 10.1. The third-order valence-electron chi connectivity index (χ3n) is 4.59. The van der Waals surface area contributed by atoms with Gasteiger partial charge in [0, 0.05) is 29.2 Å². The molecule has 0 aliphatic carbocycles. The van der Waals surface area contributed by atoms with Gasteiger partial charge in [-0.25, -0.2) is 0 Å². The van der Waals surface area contributed by atoms with Crippen LogP contribution in [0.15, 0.2) is 30.3 Å². The number of ether oxygens (including phenoxy) is 1. The molecule has 1 aromatic heterocycles. The van der Waals surface area contributed by atoms with Gasteiger partial charge in [-0.1, -0.05) is 13.8 Å². The SMILES string of the molecule is CSCC(=O)Nc1ccc(OCC(=O)c2cc(C)n(CCC(C)C)c2C)cc1. The molecule has 2 aromatic rings. The Morgan fingerprint density at radius 2 is 1.86 bits per heavy atom. The number of Topliss-reactive ketones (excluding diaryl/α,β-unsaturated/α-hetero) is 1. The summed E-state index contributed by atoms with van der Waals surface area (Å²) < 4.78 is 7.86. The molecule has 0 bridgehead atoms. The Morgan fingerprint density at radius 3 is 2.46 bits per heavy atom. The van der Waals surface area contributed by atoms with Crippen LogP contribution in [0, 0.1) is 19.8 Å². The zero-order chi connectivity index (χ0) is 20.7. The number of benzene rings is 1. The van der Waals surface area contributed by atoms with Crippen LogP contribution in [-0.4, -0.2) is 34.9 Å². The van der Waals surface area contributed by atoms with Crippen LogP contribution >= 0.6 is 11.8 Å². The van der Waals surface area contributed by atoms with Crippen molar-refractivity contribution < 1.29 is 14.3 Å². The number of ketones is 1. The Hall–Kier alpha value is -2.21. The average Bonchev–Trinajstić information content (AvgIpc) is 2.93. The van der Waals surface area contributed by atoms with Crippen LogP contribution < -0.4 is 10.1 Å². The molecule has 5 nitrogen and oxygen atoms in total. The van der Waals surface area contributed by atoms with Crippen molar-refractivity contribution in [2.24, 2.45) is 5.92 Å². The predicted molar refractivity (Wildman–Crippen MR) is 117 cm³/mol. The molecule has 2 rings (SSSR count). The smallest absolute Gasteiger partial charge is 0.234 e.